The van der Waals surface area contributed by atoms with Gasteiger partial charge >= 0.3 is 5.97 Å². The number of hydrogen-bond donors (Lipinski definition) is 1. The number of methoxy groups -OCH3 is 1. The Kier molecular flexibility index (Phi) is 5.65. The zero-order valence-corrected chi connectivity index (χ0v) is 14.1. The second-order valence-electron chi connectivity index (χ2n) is 5.58. The van der Waals surface area contributed by atoms with Crippen LogP contribution in [0, 0.1) is 5.92 Å². The fourth-order valence-electron chi connectivity index (χ4n) is 2.99. The van der Waals surface area contributed by atoms with Gasteiger partial charge in [-0.3, -0.25) is 9.69 Å². The summed E-state index contributed by atoms with van der Waals surface area (Å²) < 4.78 is 6.37. The van der Waals surface area contributed by atoms with Crippen molar-refractivity contribution in [1.82, 2.24) is 4.90 Å². The number of benzene rings is 1. The monoisotopic (exact) mass is 355 g/mol. The first-order valence-electron chi connectivity index (χ1n) is 7.34. The fourth-order valence-corrected chi connectivity index (χ4v) is 3.40. The van der Waals surface area contributed by atoms with Crippen molar-refractivity contribution in [2.45, 2.75) is 38.8 Å². The third-order valence-electron chi connectivity index (χ3n) is 4.30. The van der Waals surface area contributed by atoms with Gasteiger partial charge in [0.15, 0.2) is 0 Å². The third kappa shape index (κ3) is 3.98. The molecule has 2 unspecified atom stereocenters. The molecule has 21 heavy (non-hydrogen) atoms. The van der Waals surface area contributed by atoms with E-state index in [9.17, 15) is 9.90 Å². The minimum absolute atomic E-state index is 0.396. The van der Waals surface area contributed by atoms with Crippen LogP contribution >= 0.6 is 15.9 Å². The number of carboxylic acids is 1. The number of carboxylic acid groups (broad SMARTS) is 1. The number of halogens is 1. The summed E-state index contributed by atoms with van der Waals surface area (Å²) in [5, 5.41) is 9.50. The van der Waals surface area contributed by atoms with Crippen LogP contribution in [0.2, 0.25) is 0 Å². The molecule has 4 nitrogen and oxygen atoms in total. The van der Waals surface area contributed by atoms with E-state index in [0.717, 1.165) is 41.6 Å². The summed E-state index contributed by atoms with van der Waals surface area (Å²) in [4.78, 5) is 13.6. The Hall–Kier alpha value is -1.07. The molecule has 0 amide bonds. The Bertz CT molecular complexity index is 506. The van der Waals surface area contributed by atoms with Gasteiger partial charge < -0.3 is 9.84 Å². The van der Waals surface area contributed by atoms with E-state index in [4.69, 9.17) is 4.74 Å². The summed E-state index contributed by atoms with van der Waals surface area (Å²) in [5.41, 5.74) is 1.02. The van der Waals surface area contributed by atoms with Crippen LogP contribution in [-0.4, -0.2) is 35.7 Å². The lowest BCUT2D eigenvalue weighted by Gasteiger charge is -2.37. The molecule has 1 fully saturated rings. The highest BCUT2D eigenvalue weighted by atomic mass is 79.9. The SMILES string of the molecule is CCC1CCN(Cc2cc(Br)ccc2OC)C(C(=O)O)C1. The standard InChI is InChI=1S/C16H22BrNO3/c1-3-11-6-7-18(14(8-11)16(19)20)10-12-9-13(17)4-5-15(12)21-2/h4-5,9,11,14H,3,6-8,10H2,1-2H3,(H,19,20). The summed E-state index contributed by atoms with van der Waals surface area (Å²) in [7, 11) is 1.64. The van der Waals surface area contributed by atoms with Gasteiger partial charge in [-0.05, 0) is 43.5 Å². The molecule has 1 heterocycles. The lowest BCUT2D eigenvalue weighted by atomic mass is 9.88. The maximum atomic E-state index is 11.6. The molecular weight excluding hydrogens is 334 g/mol. The molecule has 1 aromatic rings. The van der Waals surface area contributed by atoms with Gasteiger partial charge in [-0.2, -0.15) is 0 Å². The number of aliphatic carboxylic acids is 1. The van der Waals surface area contributed by atoms with Gasteiger partial charge in [-0.15, -0.1) is 0 Å². The molecule has 5 heteroatoms. The molecule has 1 aliphatic rings. The van der Waals surface area contributed by atoms with Crippen molar-refractivity contribution >= 4 is 21.9 Å². The minimum Gasteiger partial charge on any atom is -0.496 e. The molecule has 0 aliphatic carbocycles. The molecule has 0 saturated carbocycles. The average molecular weight is 356 g/mol. The maximum Gasteiger partial charge on any atom is 0.320 e. The van der Waals surface area contributed by atoms with Crippen LogP contribution in [0.1, 0.15) is 31.7 Å². The molecule has 1 aromatic carbocycles. The van der Waals surface area contributed by atoms with Crippen LogP contribution in [0.3, 0.4) is 0 Å². The van der Waals surface area contributed by atoms with Crippen LogP contribution in [0.25, 0.3) is 0 Å². The molecule has 0 radical (unpaired) electrons. The van der Waals surface area contributed by atoms with E-state index in [2.05, 4.69) is 27.8 Å². The summed E-state index contributed by atoms with van der Waals surface area (Å²) in [6.45, 7) is 3.57. The van der Waals surface area contributed by atoms with Crippen LogP contribution in [-0.2, 0) is 11.3 Å². The molecular formula is C16H22BrNO3. The summed E-state index contributed by atoms with van der Waals surface area (Å²) in [6.07, 6.45) is 2.86. The molecule has 0 bridgehead atoms. The van der Waals surface area contributed by atoms with Crippen molar-refractivity contribution < 1.29 is 14.6 Å². The lowest BCUT2D eigenvalue weighted by molar-refractivity contribution is -0.145. The number of carbonyl (C=O) groups is 1. The van der Waals surface area contributed by atoms with Gasteiger partial charge in [0.05, 0.1) is 7.11 Å². The molecule has 2 atom stereocenters. The number of likely N-dealkylation sites (tertiary alicyclic amines) is 1. The molecule has 2 rings (SSSR count). The first-order chi connectivity index (χ1) is 10.0. The Morgan fingerprint density at radius 1 is 1.52 bits per heavy atom. The van der Waals surface area contributed by atoms with Crippen LogP contribution < -0.4 is 4.74 Å². The summed E-state index contributed by atoms with van der Waals surface area (Å²) >= 11 is 3.46. The highest BCUT2D eigenvalue weighted by Gasteiger charge is 2.32. The maximum absolute atomic E-state index is 11.6. The zero-order valence-electron chi connectivity index (χ0n) is 12.5. The van der Waals surface area contributed by atoms with E-state index >= 15 is 0 Å². The van der Waals surface area contributed by atoms with Crippen LogP contribution in [0.15, 0.2) is 22.7 Å². The van der Waals surface area contributed by atoms with Gasteiger partial charge in [-0.1, -0.05) is 29.3 Å². The third-order valence-corrected chi connectivity index (χ3v) is 4.79. The van der Waals surface area contributed by atoms with Crippen molar-refractivity contribution in [2.24, 2.45) is 5.92 Å². The van der Waals surface area contributed by atoms with E-state index in [1.165, 1.54) is 0 Å². The number of rotatable bonds is 5. The zero-order chi connectivity index (χ0) is 15.4. The number of nitrogens with zero attached hydrogens (tertiary/aromatic N) is 1. The van der Waals surface area contributed by atoms with Gasteiger partial charge in [0, 0.05) is 16.6 Å². The largest absolute Gasteiger partial charge is 0.496 e. The molecule has 0 spiro atoms. The minimum atomic E-state index is -0.720. The first-order valence-corrected chi connectivity index (χ1v) is 8.13. The van der Waals surface area contributed by atoms with E-state index in [0.29, 0.717) is 12.5 Å². The summed E-state index contributed by atoms with van der Waals surface area (Å²) in [5.74, 6) is 0.605. The van der Waals surface area contributed by atoms with Crippen LogP contribution in [0.5, 0.6) is 5.75 Å². The van der Waals surface area contributed by atoms with Crippen LogP contribution in [0.4, 0.5) is 0 Å². The van der Waals surface area contributed by atoms with Gasteiger partial charge in [0.25, 0.3) is 0 Å². The lowest BCUT2D eigenvalue weighted by Crippen LogP contribution is -2.46. The predicted octanol–water partition coefficient (Wildman–Crippen LogP) is 3.53. The molecule has 0 aromatic heterocycles. The van der Waals surface area contributed by atoms with Crippen molar-refractivity contribution in [3.63, 3.8) is 0 Å². The van der Waals surface area contributed by atoms with E-state index in [1.807, 2.05) is 18.2 Å². The normalized spacial score (nSPS) is 23.0. The average Bonchev–Trinajstić information content (AvgIpc) is 2.47. The van der Waals surface area contributed by atoms with Crippen molar-refractivity contribution in [3.8, 4) is 5.75 Å². The highest BCUT2D eigenvalue weighted by Crippen LogP contribution is 2.30. The quantitative estimate of drug-likeness (QED) is 0.877. The number of piperidine rings is 1. The van der Waals surface area contributed by atoms with Gasteiger partial charge in [-0.25, -0.2) is 0 Å². The number of hydrogen-bond acceptors (Lipinski definition) is 3. The van der Waals surface area contributed by atoms with E-state index < -0.39 is 12.0 Å². The molecule has 116 valence electrons. The first kappa shape index (κ1) is 16.3. The molecule has 1 aliphatic heterocycles. The Morgan fingerprint density at radius 3 is 2.90 bits per heavy atom. The van der Waals surface area contributed by atoms with E-state index in [-0.39, 0.29) is 0 Å². The Labute approximate surface area is 134 Å². The Balaban J connectivity index is 2.17. The topological polar surface area (TPSA) is 49.8 Å². The van der Waals surface area contributed by atoms with Crippen molar-refractivity contribution in [1.29, 1.82) is 0 Å². The predicted molar refractivity (Wildman–Crippen MR) is 85.5 cm³/mol. The van der Waals surface area contributed by atoms with E-state index in [1.54, 1.807) is 7.11 Å². The number of ether oxygens (including phenoxy) is 1. The highest BCUT2D eigenvalue weighted by molar-refractivity contribution is 9.10. The van der Waals surface area contributed by atoms with Crippen molar-refractivity contribution in [2.75, 3.05) is 13.7 Å². The Morgan fingerprint density at radius 2 is 2.29 bits per heavy atom. The van der Waals surface area contributed by atoms with Crippen molar-refractivity contribution in [3.05, 3.63) is 28.2 Å². The second kappa shape index (κ2) is 7.27. The summed E-state index contributed by atoms with van der Waals surface area (Å²) in [6, 6.07) is 5.45. The molecule has 1 saturated heterocycles. The second-order valence-corrected chi connectivity index (χ2v) is 6.50. The smallest absolute Gasteiger partial charge is 0.320 e. The fraction of sp³-hybridized carbons (Fsp3) is 0.562. The molecule has 1 N–H and O–H groups in total. The van der Waals surface area contributed by atoms with Gasteiger partial charge in [0.1, 0.15) is 11.8 Å². The van der Waals surface area contributed by atoms with Gasteiger partial charge in [0.2, 0.25) is 0 Å².